The molecule has 1 atom stereocenters. The second-order valence-corrected chi connectivity index (χ2v) is 6.18. The molecule has 1 aromatic rings. The Labute approximate surface area is 146 Å². The maximum absolute atomic E-state index is 12.4. The van der Waals surface area contributed by atoms with E-state index < -0.39 is 0 Å². The van der Waals surface area contributed by atoms with E-state index >= 15 is 0 Å². The van der Waals surface area contributed by atoms with Crippen LogP contribution in [0.2, 0.25) is 0 Å². The smallest absolute Gasteiger partial charge is 0.317 e. The first-order chi connectivity index (χ1) is 12.1. The van der Waals surface area contributed by atoms with Gasteiger partial charge in [-0.25, -0.2) is 4.79 Å². The average molecular weight is 346 g/mol. The number of benzene rings is 1. The minimum absolute atomic E-state index is 0.0238. The number of rotatable bonds is 4. The molecule has 3 rings (SSSR count). The van der Waals surface area contributed by atoms with E-state index in [0.29, 0.717) is 38.5 Å². The lowest BCUT2D eigenvalue weighted by molar-refractivity contribution is -0.119. The number of anilines is 1. The number of nitrogens with one attached hydrogen (secondary N) is 1. The summed E-state index contributed by atoms with van der Waals surface area (Å²) in [6.45, 7) is 2.52. The van der Waals surface area contributed by atoms with Gasteiger partial charge in [-0.15, -0.1) is 0 Å². The van der Waals surface area contributed by atoms with Crippen LogP contribution >= 0.6 is 0 Å². The van der Waals surface area contributed by atoms with Gasteiger partial charge in [-0.1, -0.05) is 6.07 Å². The molecule has 2 aliphatic heterocycles. The van der Waals surface area contributed by atoms with Crippen LogP contribution in [0.4, 0.5) is 10.5 Å². The molecule has 0 spiro atoms. The highest BCUT2D eigenvalue weighted by molar-refractivity contribution is 5.97. The van der Waals surface area contributed by atoms with Gasteiger partial charge in [-0.3, -0.25) is 9.59 Å². The highest BCUT2D eigenvalue weighted by atomic mass is 16.5. The number of methoxy groups -OCH3 is 1. The average Bonchev–Trinajstić information content (AvgIpc) is 3.02. The van der Waals surface area contributed by atoms with Crippen molar-refractivity contribution in [2.45, 2.75) is 12.5 Å². The lowest BCUT2D eigenvalue weighted by Gasteiger charge is -2.33. The zero-order valence-corrected chi connectivity index (χ0v) is 14.2. The van der Waals surface area contributed by atoms with E-state index in [1.165, 1.54) is 0 Å². The Morgan fingerprint density at radius 3 is 2.72 bits per heavy atom. The number of carbonyl (C=O) groups excluding carboxylic acids is 3. The summed E-state index contributed by atoms with van der Waals surface area (Å²) < 4.78 is 5.20. The fourth-order valence-corrected chi connectivity index (χ4v) is 3.13. The summed E-state index contributed by atoms with van der Waals surface area (Å²) in [6, 6.07) is 6.90. The summed E-state index contributed by atoms with van der Waals surface area (Å²) in [6.07, 6.45) is 1.08. The molecule has 0 bridgehead atoms. The Hall–Kier alpha value is -2.77. The molecule has 0 radical (unpaired) electrons. The van der Waals surface area contributed by atoms with Crippen LogP contribution in [0.3, 0.4) is 0 Å². The largest absolute Gasteiger partial charge is 0.497 e. The molecule has 8 nitrogen and oxygen atoms in total. The molecule has 134 valence electrons. The van der Waals surface area contributed by atoms with Gasteiger partial charge in [-0.05, 0) is 12.1 Å². The van der Waals surface area contributed by atoms with Gasteiger partial charge in [-0.2, -0.15) is 0 Å². The van der Waals surface area contributed by atoms with Gasteiger partial charge in [0.15, 0.2) is 0 Å². The van der Waals surface area contributed by atoms with E-state index in [2.05, 4.69) is 5.32 Å². The molecular weight excluding hydrogens is 324 g/mol. The van der Waals surface area contributed by atoms with Crippen LogP contribution in [0.15, 0.2) is 24.3 Å². The Balaban J connectivity index is 1.57. The lowest BCUT2D eigenvalue weighted by Crippen LogP contribution is -2.53. The number of hydrogen-bond acceptors (Lipinski definition) is 4. The molecule has 1 aromatic carbocycles. The van der Waals surface area contributed by atoms with E-state index in [1.54, 1.807) is 27.9 Å². The standard InChI is InChI=1S/C17H22N4O4/c1-25-15-4-2-3-14(10-15)21-11-13(9-16(21)23)18-17(24)20-7-5-19(12-22)6-8-20/h2-4,10,12-13H,5-9,11H2,1H3,(H,18,24)/t13-/m0/s1. The Morgan fingerprint density at radius 2 is 2.04 bits per heavy atom. The van der Waals surface area contributed by atoms with Gasteiger partial charge in [0, 0.05) is 50.9 Å². The lowest BCUT2D eigenvalue weighted by atomic mass is 10.2. The SMILES string of the molecule is COc1cccc(N2C[C@@H](NC(=O)N3CCN(C=O)CC3)CC2=O)c1. The second-order valence-electron chi connectivity index (χ2n) is 6.18. The van der Waals surface area contributed by atoms with Crippen LogP contribution in [-0.4, -0.2) is 74.0 Å². The third-order valence-electron chi connectivity index (χ3n) is 4.57. The molecule has 2 saturated heterocycles. The van der Waals surface area contributed by atoms with Gasteiger partial charge in [0.2, 0.25) is 12.3 Å². The fraction of sp³-hybridized carbons (Fsp3) is 0.471. The number of urea groups is 1. The summed E-state index contributed by atoms with van der Waals surface area (Å²) in [5.74, 6) is 0.662. The molecule has 8 heteroatoms. The minimum Gasteiger partial charge on any atom is -0.497 e. The number of piperazine rings is 1. The molecule has 25 heavy (non-hydrogen) atoms. The Kier molecular flexibility index (Phi) is 5.06. The van der Waals surface area contributed by atoms with Crippen LogP contribution < -0.4 is 15.0 Å². The molecular formula is C17H22N4O4. The number of hydrogen-bond donors (Lipinski definition) is 1. The number of nitrogens with zero attached hydrogens (tertiary/aromatic N) is 3. The van der Waals surface area contributed by atoms with Gasteiger partial charge in [0.25, 0.3) is 0 Å². The van der Waals surface area contributed by atoms with E-state index in [-0.39, 0.29) is 24.4 Å². The van der Waals surface area contributed by atoms with Crippen molar-refractivity contribution in [1.82, 2.24) is 15.1 Å². The van der Waals surface area contributed by atoms with Crippen LogP contribution in [0.1, 0.15) is 6.42 Å². The van der Waals surface area contributed by atoms with Gasteiger partial charge >= 0.3 is 6.03 Å². The first-order valence-electron chi connectivity index (χ1n) is 8.30. The Morgan fingerprint density at radius 1 is 1.28 bits per heavy atom. The predicted octanol–water partition coefficient (Wildman–Crippen LogP) is 0.284. The monoisotopic (exact) mass is 346 g/mol. The summed E-state index contributed by atoms with van der Waals surface area (Å²) in [4.78, 5) is 40.4. The molecule has 0 unspecified atom stereocenters. The number of carbonyl (C=O) groups is 3. The highest BCUT2D eigenvalue weighted by Crippen LogP contribution is 2.25. The minimum atomic E-state index is -0.227. The molecule has 2 aliphatic rings. The molecule has 4 amide bonds. The summed E-state index contributed by atoms with van der Waals surface area (Å²) in [5.41, 5.74) is 0.765. The third-order valence-corrected chi connectivity index (χ3v) is 4.57. The van der Waals surface area contributed by atoms with Gasteiger partial charge in [0.1, 0.15) is 5.75 Å². The molecule has 2 fully saturated rings. The highest BCUT2D eigenvalue weighted by Gasteiger charge is 2.33. The van der Waals surface area contributed by atoms with Crippen molar-refractivity contribution in [1.29, 1.82) is 0 Å². The van der Waals surface area contributed by atoms with E-state index in [9.17, 15) is 14.4 Å². The third kappa shape index (κ3) is 3.84. The molecule has 0 aliphatic carbocycles. The molecule has 1 N–H and O–H groups in total. The van der Waals surface area contributed by atoms with E-state index in [0.717, 1.165) is 12.1 Å². The quantitative estimate of drug-likeness (QED) is 0.794. The van der Waals surface area contributed by atoms with Crippen molar-refractivity contribution in [3.05, 3.63) is 24.3 Å². The fourth-order valence-electron chi connectivity index (χ4n) is 3.13. The zero-order valence-electron chi connectivity index (χ0n) is 14.2. The summed E-state index contributed by atoms with van der Waals surface area (Å²) in [7, 11) is 1.58. The maximum atomic E-state index is 12.4. The van der Waals surface area contributed by atoms with Crippen molar-refractivity contribution in [3.8, 4) is 5.75 Å². The number of amides is 4. The first kappa shape index (κ1) is 17.1. The summed E-state index contributed by atoms with van der Waals surface area (Å²) in [5, 5.41) is 2.93. The van der Waals surface area contributed by atoms with Crippen molar-refractivity contribution in [2.24, 2.45) is 0 Å². The van der Waals surface area contributed by atoms with Crippen molar-refractivity contribution >= 4 is 24.0 Å². The summed E-state index contributed by atoms with van der Waals surface area (Å²) >= 11 is 0. The number of ether oxygens (including phenoxy) is 1. The normalized spacial score (nSPS) is 20.6. The predicted molar refractivity (Wildman–Crippen MR) is 91.5 cm³/mol. The van der Waals surface area contributed by atoms with Crippen LogP contribution in [-0.2, 0) is 9.59 Å². The van der Waals surface area contributed by atoms with Crippen molar-refractivity contribution < 1.29 is 19.1 Å². The van der Waals surface area contributed by atoms with E-state index in [4.69, 9.17) is 4.74 Å². The van der Waals surface area contributed by atoms with Crippen molar-refractivity contribution in [2.75, 3.05) is 44.7 Å². The molecule has 2 heterocycles. The second kappa shape index (κ2) is 7.42. The van der Waals surface area contributed by atoms with Gasteiger partial charge < -0.3 is 24.8 Å². The van der Waals surface area contributed by atoms with Crippen molar-refractivity contribution in [3.63, 3.8) is 0 Å². The Bertz CT molecular complexity index is 658. The first-order valence-corrected chi connectivity index (χ1v) is 8.30. The van der Waals surface area contributed by atoms with E-state index in [1.807, 2.05) is 18.2 Å². The van der Waals surface area contributed by atoms with Gasteiger partial charge in [0.05, 0.1) is 13.2 Å². The van der Waals surface area contributed by atoms with Crippen LogP contribution in [0.25, 0.3) is 0 Å². The zero-order chi connectivity index (χ0) is 17.8. The topological polar surface area (TPSA) is 82.2 Å². The molecule has 0 aromatic heterocycles. The molecule has 0 saturated carbocycles. The van der Waals surface area contributed by atoms with Crippen LogP contribution in [0, 0.1) is 0 Å². The maximum Gasteiger partial charge on any atom is 0.317 e. The van der Waals surface area contributed by atoms with Crippen LogP contribution in [0.5, 0.6) is 5.75 Å².